The van der Waals surface area contributed by atoms with Crippen molar-refractivity contribution < 1.29 is 22.1 Å². The molecule has 0 amide bonds. The molecule has 1 unspecified atom stereocenters. The van der Waals surface area contributed by atoms with Crippen molar-refractivity contribution in [1.82, 2.24) is 0 Å². The molecule has 0 aliphatic heterocycles. The minimum Gasteiger partial charge on any atom is -0.397 e. The van der Waals surface area contributed by atoms with Gasteiger partial charge in [-0.15, -0.1) is 0 Å². The molecule has 0 N–H and O–H groups in total. The normalized spacial score (nSPS) is 14.2. The van der Waals surface area contributed by atoms with Crippen molar-refractivity contribution in [3.05, 3.63) is 0 Å². The SMILES string of the molecule is CCCCCC([Si](OC)OC)[Si](OC)(OC)OC. The van der Waals surface area contributed by atoms with E-state index in [0.717, 1.165) is 12.8 Å². The van der Waals surface area contributed by atoms with Crippen LogP contribution in [0.4, 0.5) is 0 Å². The highest BCUT2D eigenvalue weighted by Gasteiger charge is 2.53. The average Bonchev–Trinajstić information content (AvgIpc) is 2.42. The Hall–Kier alpha value is 0.234. The molecule has 18 heavy (non-hydrogen) atoms. The average molecular weight is 296 g/mol. The van der Waals surface area contributed by atoms with Crippen molar-refractivity contribution in [3.63, 3.8) is 0 Å². The van der Waals surface area contributed by atoms with Gasteiger partial charge in [0.2, 0.25) is 0 Å². The molecule has 0 aliphatic carbocycles. The van der Waals surface area contributed by atoms with Crippen LogP contribution in [0, 0.1) is 0 Å². The van der Waals surface area contributed by atoms with Crippen LogP contribution < -0.4 is 0 Å². The van der Waals surface area contributed by atoms with E-state index in [2.05, 4.69) is 6.92 Å². The van der Waals surface area contributed by atoms with Crippen LogP contribution in [-0.4, -0.2) is 53.6 Å². The summed E-state index contributed by atoms with van der Waals surface area (Å²) in [5.74, 6) is 0. The smallest absolute Gasteiger partial charge is 0.397 e. The van der Waals surface area contributed by atoms with E-state index in [0.29, 0.717) is 0 Å². The molecule has 0 saturated carbocycles. The van der Waals surface area contributed by atoms with Crippen LogP contribution in [0.1, 0.15) is 32.6 Å². The fourth-order valence-corrected chi connectivity index (χ4v) is 8.09. The quantitative estimate of drug-likeness (QED) is 0.432. The van der Waals surface area contributed by atoms with E-state index in [1.807, 2.05) is 0 Å². The maximum Gasteiger partial charge on any atom is 0.505 e. The molecule has 0 rings (SSSR count). The Morgan fingerprint density at radius 1 is 0.889 bits per heavy atom. The first kappa shape index (κ1) is 18.2. The zero-order valence-electron chi connectivity index (χ0n) is 12.4. The second-order valence-corrected chi connectivity index (χ2v) is 9.85. The van der Waals surface area contributed by atoms with E-state index in [9.17, 15) is 0 Å². The minimum atomic E-state index is -2.71. The van der Waals surface area contributed by atoms with Crippen molar-refractivity contribution in [3.8, 4) is 0 Å². The van der Waals surface area contributed by atoms with Crippen molar-refractivity contribution >= 4 is 18.1 Å². The molecule has 0 aliphatic rings. The molecule has 1 radical (unpaired) electrons. The predicted molar refractivity (Wildman–Crippen MR) is 74.4 cm³/mol. The Kier molecular flexibility index (Phi) is 10.2. The first-order valence-electron chi connectivity index (χ1n) is 6.25. The molecule has 1 atom stereocenters. The second-order valence-electron chi connectivity index (χ2n) is 3.99. The minimum absolute atomic E-state index is 0.0871. The van der Waals surface area contributed by atoms with Gasteiger partial charge in [-0.2, -0.15) is 0 Å². The van der Waals surface area contributed by atoms with Crippen molar-refractivity contribution in [2.24, 2.45) is 0 Å². The van der Waals surface area contributed by atoms with E-state index < -0.39 is 18.1 Å². The highest BCUT2D eigenvalue weighted by Crippen LogP contribution is 2.32. The molecule has 0 saturated heterocycles. The van der Waals surface area contributed by atoms with Gasteiger partial charge in [0.1, 0.15) is 0 Å². The summed E-state index contributed by atoms with van der Waals surface area (Å²) < 4.78 is 27.7. The fraction of sp³-hybridized carbons (Fsp3) is 1.00. The van der Waals surface area contributed by atoms with Gasteiger partial charge in [-0.1, -0.05) is 26.2 Å². The zero-order valence-corrected chi connectivity index (χ0v) is 14.4. The standard InChI is InChI=1S/C11H27O5Si2/c1-7-8-9-10-11(17(12-2)13-3)18(14-4,15-5)16-6/h11H,7-10H2,1-6H3. The summed E-state index contributed by atoms with van der Waals surface area (Å²) in [6, 6.07) is 0. The molecule has 0 heterocycles. The third kappa shape index (κ3) is 4.73. The molecule has 0 fully saturated rings. The van der Waals surface area contributed by atoms with Crippen LogP contribution in [0.15, 0.2) is 0 Å². The van der Waals surface area contributed by atoms with Crippen molar-refractivity contribution in [2.75, 3.05) is 35.5 Å². The van der Waals surface area contributed by atoms with Gasteiger partial charge in [-0.3, -0.25) is 0 Å². The topological polar surface area (TPSA) is 46.2 Å². The van der Waals surface area contributed by atoms with Crippen LogP contribution in [0.25, 0.3) is 0 Å². The van der Waals surface area contributed by atoms with Gasteiger partial charge < -0.3 is 22.1 Å². The van der Waals surface area contributed by atoms with Gasteiger partial charge in [0.05, 0.1) is 5.16 Å². The van der Waals surface area contributed by atoms with Crippen LogP contribution in [-0.2, 0) is 22.1 Å². The van der Waals surface area contributed by atoms with Gasteiger partial charge in [-0.25, -0.2) is 0 Å². The molecule has 0 aromatic heterocycles. The van der Waals surface area contributed by atoms with Crippen LogP contribution in [0.3, 0.4) is 0 Å². The molecule has 5 nitrogen and oxygen atoms in total. The Labute approximate surface area is 114 Å². The van der Waals surface area contributed by atoms with Gasteiger partial charge in [-0.05, 0) is 6.42 Å². The van der Waals surface area contributed by atoms with Crippen molar-refractivity contribution in [2.45, 2.75) is 37.8 Å². The fourth-order valence-electron chi connectivity index (χ4n) is 2.08. The van der Waals surface area contributed by atoms with Gasteiger partial charge in [0.25, 0.3) is 0 Å². The predicted octanol–water partition coefficient (Wildman–Crippen LogP) is 2.14. The molecular weight excluding hydrogens is 268 g/mol. The lowest BCUT2D eigenvalue weighted by atomic mass is 10.2. The van der Waals surface area contributed by atoms with E-state index in [1.54, 1.807) is 35.5 Å². The summed E-state index contributed by atoms with van der Waals surface area (Å²) in [6.07, 6.45) is 4.41. The van der Waals surface area contributed by atoms with Gasteiger partial charge >= 0.3 is 18.1 Å². The summed E-state index contributed by atoms with van der Waals surface area (Å²) in [6.45, 7) is 2.18. The zero-order chi connectivity index (χ0) is 14.0. The lowest BCUT2D eigenvalue weighted by Gasteiger charge is -2.34. The molecule has 0 aromatic carbocycles. The Morgan fingerprint density at radius 3 is 1.72 bits per heavy atom. The number of unbranched alkanes of at least 4 members (excludes halogenated alkanes) is 2. The van der Waals surface area contributed by atoms with Crippen LogP contribution in [0.2, 0.25) is 5.16 Å². The van der Waals surface area contributed by atoms with E-state index in [-0.39, 0.29) is 5.16 Å². The Balaban J connectivity index is 4.90. The molecular formula is C11H27O5Si2. The highest BCUT2D eigenvalue weighted by atomic mass is 28.4. The van der Waals surface area contributed by atoms with E-state index in [1.165, 1.54) is 12.8 Å². The van der Waals surface area contributed by atoms with Crippen LogP contribution in [0.5, 0.6) is 0 Å². The Bertz CT molecular complexity index is 190. The maximum absolute atomic E-state index is 5.57. The summed E-state index contributed by atoms with van der Waals surface area (Å²) in [7, 11) is 4.10. The summed E-state index contributed by atoms with van der Waals surface area (Å²) in [5, 5.41) is 0.0871. The molecule has 0 aromatic rings. The highest BCUT2D eigenvalue weighted by molar-refractivity contribution is 6.76. The maximum atomic E-state index is 5.57. The first-order valence-corrected chi connectivity index (χ1v) is 9.45. The van der Waals surface area contributed by atoms with Gasteiger partial charge in [0.15, 0.2) is 0 Å². The Morgan fingerprint density at radius 2 is 1.39 bits per heavy atom. The molecule has 109 valence electrons. The number of rotatable bonds is 11. The number of hydrogen-bond donors (Lipinski definition) is 0. The summed E-state index contributed by atoms with van der Waals surface area (Å²) in [5.41, 5.74) is 0. The first-order chi connectivity index (χ1) is 8.65. The summed E-state index contributed by atoms with van der Waals surface area (Å²) in [4.78, 5) is 0. The molecule has 7 heteroatoms. The number of hydrogen-bond acceptors (Lipinski definition) is 5. The van der Waals surface area contributed by atoms with E-state index in [4.69, 9.17) is 22.1 Å². The third-order valence-electron chi connectivity index (χ3n) is 3.06. The lowest BCUT2D eigenvalue weighted by molar-refractivity contribution is 0.111. The summed E-state index contributed by atoms with van der Waals surface area (Å²) >= 11 is 0. The molecule has 0 bridgehead atoms. The third-order valence-corrected chi connectivity index (χ3v) is 9.34. The van der Waals surface area contributed by atoms with Crippen molar-refractivity contribution in [1.29, 1.82) is 0 Å². The second kappa shape index (κ2) is 10.1. The monoisotopic (exact) mass is 295 g/mol. The van der Waals surface area contributed by atoms with Gasteiger partial charge in [0, 0.05) is 35.5 Å². The van der Waals surface area contributed by atoms with E-state index >= 15 is 0 Å². The van der Waals surface area contributed by atoms with Crippen LogP contribution >= 0.6 is 0 Å². The largest absolute Gasteiger partial charge is 0.505 e. The molecule has 0 spiro atoms. The lowest BCUT2D eigenvalue weighted by Crippen LogP contribution is -2.54.